The van der Waals surface area contributed by atoms with E-state index in [9.17, 15) is 18.7 Å². The van der Waals surface area contributed by atoms with Gasteiger partial charge in [0.05, 0.1) is 12.1 Å². The quantitative estimate of drug-likeness (QED) is 0.192. The molecule has 7 heteroatoms. The van der Waals surface area contributed by atoms with Crippen LogP contribution in [0, 0.1) is 17.6 Å². The average molecular weight is 548 g/mol. The van der Waals surface area contributed by atoms with Gasteiger partial charge in [0.25, 0.3) is 5.91 Å². The highest BCUT2D eigenvalue weighted by atomic mass is 19.1. The van der Waals surface area contributed by atoms with Crippen molar-refractivity contribution in [1.29, 1.82) is 0 Å². The Kier molecular flexibility index (Phi) is 10.1. The summed E-state index contributed by atoms with van der Waals surface area (Å²) in [4.78, 5) is 13.4. The fourth-order valence-corrected chi connectivity index (χ4v) is 4.90. The van der Waals surface area contributed by atoms with Gasteiger partial charge in [-0.15, -0.1) is 0 Å². The number of nitrogens with zero attached hydrogens (tertiary/aromatic N) is 1. The van der Waals surface area contributed by atoms with Crippen molar-refractivity contribution < 1.29 is 18.7 Å². The molecule has 1 amide bonds. The molecular formula is C33H39F2N3O2. The van der Waals surface area contributed by atoms with Crippen LogP contribution in [0.2, 0.25) is 0 Å². The predicted molar refractivity (Wildman–Crippen MR) is 156 cm³/mol. The van der Waals surface area contributed by atoms with Gasteiger partial charge < -0.3 is 20.3 Å². The lowest BCUT2D eigenvalue weighted by atomic mass is 9.99. The SMILES string of the molecule is CCc1cccc(CNC[C@H](O)[C@H](Cc2cc(F)cc(F)c2)NC(=O)c2ccc3ccn(CCC(C)C)c3c2)c1. The lowest BCUT2D eigenvalue weighted by Gasteiger charge is -2.25. The summed E-state index contributed by atoms with van der Waals surface area (Å²) in [5.74, 6) is -1.19. The summed E-state index contributed by atoms with van der Waals surface area (Å²) in [6, 6.07) is 18.3. The largest absolute Gasteiger partial charge is 0.390 e. The molecule has 0 aliphatic heterocycles. The molecule has 0 fully saturated rings. The van der Waals surface area contributed by atoms with Gasteiger partial charge in [-0.1, -0.05) is 51.1 Å². The number of carbonyl (C=O) groups is 1. The number of carbonyl (C=O) groups excluding carboxylic acids is 1. The summed E-state index contributed by atoms with van der Waals surface area (Å²) in [7, 11) is 0. The van der Waals surface area contributed by atoms with E-state index in [0.717, 1.165) is 41.9 Å². The molecule has 0 radical (unpaired) electrons. The van der Waals surface area contributed by atoms with E-state index in [2.05, 4.69) is 48.1 Å². The van der Waals surface area contributed by atoms with E-state index in [1.54, 1.807) is 6.07 Å². The van der Waals surface area contributed by atoms with Gasteiger partial charge in [0.15, 0.2) is 0 Å². The number of hydrogen-bond donors (Lipinski definition) is 3. The van der Waals surface area contributed by atoms with Crippen LogP contribution in [0.5, 0.6) is 0 Å². The fraction of sp³-hybridized carbons (Fsp3) is 0.364. The number of halogens is 2. The predicted octanol–water partition coefficient (Wildman–Crippen LogP) is 6.02. The molecule has 40 heavy (non-hydrogen) atoms. The molecule has 3 N–H and O–H groups in total. The first-order chi connectivity index (χ1) is 19.2. The van der Waals surface area contributed by atoms with Crippen LogP contribution in [0.3, 0.4) is 0 Å². The molecule has 0 saturated heterocycles. The van der Waals surface area contributed by atoms with Crippen molar-refractivity contribution in [2.75, 3.05) is 6.54 Å². The third-order valence-corrected chi connectivity index (χ3v) is 7.22. The van der Waals surface area contributed by atoms with Crippen molar-refractivity contribution in [3.05, 3.63) is 107 Å². The van der Waals surface area contributed by atoms with Crippen molar-refractivity contribution in [2.24, 2.45) is 5.92 Å². The molecule has 4 rings (SSSR count). The number of aryl methyl sites for hydroxylation is 2. The minimum atomic E-state index is -0.997. The van der Waals surface area contributed by atoms with Crippen LogP contribution < -0.4 is 10.6 Å². The maximum absolute atomic E-state index is 13.9. The first-order valence-corrected chi connectivity index (χ1v) is 14.0. The van der Waals surface area contributed by atoms with Crippen LogP contribution in [-0.4, -0.2) is 34.3 Å². The minimum Gasteiger partial charge on any atom is -0.390 e. The Bertz CT molecular complexity index is 1410. The summed E-state index contributed by atoms with van der Waals surface area (Å²) >= 11 is 0. The van der Waals surface area contributed by atoms with Crippen LogP contribution in [0.4, 0.5) is 8.78 Å². The fourth-order valence-electron chi connectivity index (χ4n) is 4.90. The maximum Gasteiger partial charge on any atom is 0.251 e. The molecule has 0 aliphatic carbocycles. The Morgan fingerprint density at radius 1 is 0.950 bits per heavy atom. The van der Waals surface area contributed by atoms with Gasteiger partial charge in [-0.25, -0.2) is 8.78 Å². The van der Waals surface area contributed by atoms with Gasteiger partial charge in [0, 0.05) is 43.0 Å². The lowest BCUT2D eigenvalue weighted by molar-refractivity contribution is 0.0830. The Morgan fingerprint density at radius 3 is 2.42 bits per heavy atom. The van der Waals surface area contributed by atoms with Crippen LogP contribution in [0.1, 0.15) is 54.2 Å². The van der Waals surface area contributed by atoms with E-state index in [-0.39, 0.29) is 18.9 Å². The van der Waals surface area contributed by atoms with Crippen molar-refractivity contribution in [3.63, 3.8) is 0 Å². The van der Waals surface area contributed by atoms with E-state index in [1.165, 1.54) is 17.7 Å². The molecule has 5 nitrogen and oxygen atoms in total. The van der Waals surface area contributed by atoms with Gasteiger partial charge in [-0.05, 0) is 77.6 Å². The van der Waals surface area contributed by atoms with E-state index < -0.39 is 23.8 Å². The highest BCUT2D eigenvalue weighted by molar-refractivity contribution is 5.98. The molecule has 212 valence electrons. The zero-order valence-electron chi connectivity index (χ0n) is 23.5. The summed E-state index contributed by atoms with van der Waals surface area (Å²) in [6.07, 6.45) is 3.06. The number of nitrogens with one attached hydrogen (secondary N) is 2. The second-order valence-corrected chi connectivity index (χ2v) is 10.9. The van der Waals surface area contributed by atoms with E-state index in [1.807, 2.05) is 36.5 Å². The highest BCUT2D eigenvalue weighted by Crippen LogP contribution is 2.20. The van der Waals surface area contributed by atoms with Gasteiger partial charge in [-0.3, -0.25) is 4.79 Å². The monoisotopic (exact) mass is 547 g/mol. The van der Waals surface area contributed by atoms with Gasteiger partial charge in [0.2, 0.25) is 0 Å². The smallest absolute Gasteiger partial charge is 0.251 e. The van der Waals surface area contributed by atoms with Crippen molar-refractivity contribution in [2.45, 2.75) is 65.3 Å². The number of amides is 1. The molecule has 0 saturated carbocycles. The molecule has 1 aromatic heterocycles. The molecule has 0 bridgehead atoms. The number of rotatable bonds is 13. The van der Waals surface area contributed by atoms with Crippen LogP contribution in [-0.2, 0) is 25.9 Å². The summed E-state index contributed by atoms with van der Waals surface area (Å²) in [5, 5.41) is 18.3. The third-order valence-electron chi connectivity index (χ3n) is 7.22. The number of fused-ring (bicyclic) bond motifs is 1. The molecule has 0 spiro atoms. The van der Waals surface area contributed by atoms with Crippen molar-refractivity contribution >= 4 is 16.8 Å². The number of aromatic nitrogens is 1. The molecule has 4 aromatic rings. The standard InChI is InChI=1S/C33H39F2N3O2/c1-4-23-6-5-7-24(14-23)20-36-21-32(39)30(17-25-15-28(34)19-29(35)16-25)37-33(40)27-9-8-26-11-13-38(31(26)18-27)12-10-22(2)3/h5-9,11,13-16,18-19,22,30,32,36,39H,4,10,12,17,20-21H2,1-3H3,(H,37,40)/t30-,32-/m0/s1. The topological polar surface area (TPSA) is 66.3 Å². The second-order valence-electron chi connectivity index (χ2n) is 10.9. The molecule has 2 atom stereocenters. The number of hydrogen-bond acceptors (Lipinski definition) is 3. The van der Waals surface area contributed by atoms with Crippen molar-refractivity contribution in [1.82, 2.24) is 15.2 Å². The van der Waals surface area contributed by atoms with Gasteiger partial charge in [-0.2, -0.15) is 0 Å². The number of aliphatic hydroxyl groups excluding tert-OH is 1. The average Bonchev–Trinajstić information content (AvgIpc) is 3.33. The first-order valence-electron chi connectivity index (χ1n) is 14.0. The zero-order chi connectivity index (χ0) is 28.6. The summed E-state index contributed by atoms with van der Waals surface area (Å²) < 4.78 is 30.0. The third kappa shape index (κ3) is 7.99. The molecule has 0 aliphatic rings. The van der Waals surface area contributed by atoms with Gasteiger partial charge in [0.1, 0.15) is 11.6 Å². The zero-order valence-corrected chi connectivity index (χ0v) is 23.5. The second kappa shape index (κ2) is 13.7. The Morgan fingerprint density at radius 2 is 1.70 bits per heavy atom. The molecule has 0 unspecified atom stereocenters. The van der Waals surface area contributed by atoms with Crippen LogP contribution in [0.25, 0.3) is 10.9 Å². The normalized spacial score (nSPS) is 13.1. The van der Waals surface area contributed by atoms with E-state index in [0.29, 0.717) is 23.6 Å². The van der Waals surface area contributed by atoms with E-state index >= 15 is 0 Å². The minimum absolute atomic E-state index is 0.0710. The van der Waals surface area contributed by atoms with Crippen LogP contribution in [0.15, 0.2) is 72.9 Å². The van der Waals surface area contributed by atoms with Gasteiger partial charge >= 0.3 is 0 Å². The maximum atomic E-state index is 13.9. The summed E-state index contributed by atoms with van der Waals surface area (Å²) in [6.45, 7) is 8.04. The summed E-state index contributed by atoms with van der Waals surface area (Å²) in [5.41, 5.74) is 4.10. The highest BCUT2D eigenvalue weighted by Gasteiger charge is 2.23. The van der Waals surface area contributed by atoms with E-state index in [4.69, 9.17) is 0 Å². The number of benzene rings is 3. The Balaban J connectivity index is 1.50. The molecular weight excluding hydrogens is 508 g/mol. The number of aliphatic hydroxyl groups is 1. The van der Waals surface area contributed by atoms with Crippen LogP contribution >= 0.6 is 0 Å². The molecule has 1 heterocycles. The molecule has 3 aromatic carbocycles. The Labute approximate surface area is 235 Å². The first kappa shape index (κ1) is 29.4. The lowest BCUT2D eigenvalue weighted by Crippen LogP contribution is -2.48. The van der Waals surface area contributed by atoms with Crippen molar-refractivity contribution in [3.8, 4) is 0 Å². The Hall–Kier alpha value is -3.55.